The van der Waals surface area contributed by atoms with E-state index in [-0.39, 0.29) is 18.0 Å². The Labute approximate surface area is 103 Å². The fraction of sp³-hybridized carbons (Fsp3) is 0.917. The molecule has 16 heavy (non-hydrogen) atoms. The number of hydrogen-bond acceptors (Lipinski definition) is 3. The normalized spacial score (nSPS) is 20.7. The van der Waals surface area contributed by atoms with Gasteiger partial charge in [0.2, 0.25) is 5.91 Å². The third-order valence-corrected chi connectivity index (χ3v) is 4.09. The van der Waals surface area contributed by atoms with Gasteiger partial charge in [-0.1, -0.05) is 12.8 Å². The second-order valence-corrected chi connectivity index (χ2v) is 5.72. The predicted octanol–water partition coefficient (Wildman–Crippen LogP) is 1.76. The molecule has 0 aliphatic heterocycles. The molecule has 1 aliphatic carbocycles. The highest BCUT2D eigenvalue weighted by molar-refractivity contribution is 7.98. The van der Waals surface area contributed by atoms with Gasteiger partial charge in [-0.3, -0.25) is 4.79 Å². The molecule has 0 aromatic carbocycles. The predicted molar refractivity (Wildman–Crippen MR) is 70.5 cm³/mol. The second kappa shape index (κ2) is 7.17. The summed E-state index contributed by atoms with van der Waals surface area (Å²) >= 11 is 1.73. The zero-order valence-corrected chi connectivity index (χ0v) is 11.2. The van der Waals surface area contributed by atoms with Gasteiger partial charge in [-0.25, -0.2) is 0 Å². The Morgan fingerprint density at radius 3 is 2.69 bits per heavy atom. The minimum absolute atomic E-state index is 0.0217. The highest BCUT2D eigenvalue weighted by Crippen LogP contribution is 2.27. The van der Waals surface area contributed by atoms with Crippen LogP contribution in [0.4, 0.5) is 0 Å². The molecule has 0 aromatic rings. The van der Waals surface area contributed by atoms with Crippen molar-refractivity contribution in [3.63, 3.8) is 0 Å². The molecule has 4 heteroatoms. The molecule has 0 heterocycles. The van der Waals surface area contributed by atoms with E-state index in [0.717, 1.165) is 12.2 Å². The molecule has 0 saturated heterocycles. The van der Waals surface area contributed by atoms with Crippen LogP contribution in [0, 0.1) is 5.92 Å². The largest absolute Gasteiger partial charge is 0.352 e. The summed E-state index contributed by atoms with van der Waals surface area (Å²) in [5.74, 6) is 1.64. The Morgan fingerprint density at radius 1 is 1.50 bits per heavy atom. The first-order valence-corrected chi connectivity index (χ1v) is 7.59. The van der Waals surface area contributed by atoms with Crippen molar-refractivity contribution in [1.29, 1.82) is 0 Å². The van der Waals surface area contributed by atoms with Crippen LogP contribution in [0.1, 0.15) is 39.0 Å². The smallest absolute Gasteiger partial charge is 0.237 e. The van der Waals surface area contributed by atoms with Crippen LogP contribution in [0.3, 0.4) is 0 Å². The molecule has 1 fully saturated rings. The Kier molecular flexibility index (Phi) is 6.21. The fourth-order valence-corrected chi connectivity index (χ4v) is 2.77. The third-order valence-electron chi connectivity index (χ3n) is 3.45. The van der Waals surface area contributed by atoms with Crippen molar-refractivity contribution in [1.82, 2.24) is 5.32 Å². The molecule has 3 N–H and O–H groups in total. The van der Waals surface area contributed by atoms with Gasteiger partial charge in [0.1, 0.15) is 0 Å². The van der Waals surface area contributed by atoms with E-state index in [4.69, 9.17) is 5.73 Å². The minimum Gasteiger partial charge on any atom is -0.352 e. The minimum atomic E-state index is -0.337. The third kappa shape index (κ3) is 4.34. The number of rotatable bonds is 6. The highest BCUT2D eigenvalue weighted by Gasteiger charge is 2.24. The van der Waals surface area contributed by atoms with Crippen LogP contribution in [0.2, 0.25) is 0 Å². The lowest BCUT2D eigenvalue weighted by Crippen LogP contribution is -2.46. The first kappa shape index (κ1) is 13.8. The highest BCUT2D eigenvalue weighted by atomic mass is 32.2. The lowest BCUT2D eigenvalue weighted by atomic mass is 9.99. The molecular weight excluding hydrogens is 220 g/mol. The number of nitrogens with one attached hydrogen (secondary N) is 1. The Balaban J connectivity index is 2.26. The maximum atomic E-state index is 11.8. The summed E-state index contributed by atoms with van der Waals surface area (Å²) in [5.41, 5.74) is 5.82. The van der Waals surface area contributed by atoms with E-state index in [1.54, 1.807) is 11.8 Å². The molecule has 0 aromatic heterocycles. The SMILES string of the molecule is CSCC[C@H](N)C(=O)N[C@H](C)C1CCCC1. The number of carbonyl (C=O) groups is 1. The topological polar surface area (TPSA) is 55.1 Å². The lowest BCUT2D eigenvalue weighted by Gasteiger charge is -2.22. The summed E-state index contributed by atoms with van der Waals surface area (Å²) in [6.45, 7) is 2.11. The van der Waals surface area contributed by atoms with Gasteiger partial charge in [0.25, 0.3) is 0 Å². The summed E-state index contributed by atoms with van der Waals surface area (Å²) in [7, 11) is 0. The van der Waals surface area contributed by atoms with Crippen LogP contribution in [-0.4, -0.2) is 30.0 Å². The van der Waals surface area contributed by atoms with Gasteiger partial charge in [0.15, 0.2) is 0 Å². The average Bonchev–Trinajstić information content (AvgIpc) is 2.79. The molecular formula is C12H24N2OS. The first-order valence-electron chi connectivity index (χ1n) is 6.20. The Morgan fingerprint density at radius 2 is 2.12 bits per heavy atom. The number of hydrogen-bond donors (Lipinski definition) is 2. The quantitative estimate of drug-likeness (QED) is 0.748. The lowest BCUT2D eigenvalue weighted by molar-refractivity contribution is -0.123. The number of carbonyl (C=O) groups excluding carboxylic acids is 1. The molecule has 1 saturated carbocycles. The van der Waals surface area contributed by atoms with Gasteiger partial charge in [-0.2, -0.15) is 11.8 Å². The Hall–Kier alpha value is -0.220. The van der Waals surface area contributed by atoms with Gasteiger partial charge in [0, 0.05) is 6.04 Å². The molecule has 0 unspecified atom stereocenters. The Bertz CT molecular complexity index is 217. The molecule has 1 rings (SSSR count). The molecule has 94 valence electrons. The van der Waals surface area contributed by atoms with E-state index < -0.39 is 0 Å². The molecule has 0 spiro atoms. The first-order chi connectivity index (χ1) is 7.65. The van der Waals surface area contributed by atoms with Crippen molar-refractivity contribution in [2.75, 3.05) is 12.0 Å². The average molecular weight is 244 g/mol. The van der Waals surface area contributed by atoms with Gasteiger partial charge < -0.3 is 11.1 Å². The molecule has 2 atom stereocenters. The van der Waals surface area contributed by atoms with E-state index in [2.05, 4.69) is 12.2 Å². The molecule has 1 aliphatic rings. The number of amides is 1. The van der Waals surface area contributed by atoms with Crippen LogP contribution in [0.15, 0.2) is 0 Å². The van der Waals surface area contributed by atoms with Crippen molar-refractivity contribution in [3.05, 3.63) is 0 Å². The number of nitrogens with two attached hydrogens (primary N) is 1. The zero-order chi connectivity index (χ0) is 12.0. The molecule has 0 bridgehead atoms. The van der Waals surface area contributed by atoms with Crippen LogP contribution in [0.25, 0.3) is 0 Å². The maximum Gasteiger partial charge on any atom is 0.237 e. The maximum absolute atomic E-state index is 11.8. The van der Waals surface area contributed by atoms with Gasteiger partial charge >= 0.3 is 0 Å². The standard InChI is InChI=1S/C12H24N2OS/c1-9(10-5-3-4-6-10)14-12(15)11(13)7-8-16-2/h9-11H,3-8,13H2,1-2H3,(H,14,15)/t9-,11+/m1/s1. The van der Waals surface area contributed by atoms with E-state index in [9.17, 15) is 4.79 Å². The molecule has 0 radical (unpaired) electrons. The van der Waals surface area contributed by atoms with Gasteiger partial charge in [-0.15, -0.1) is 0 Å². The van der Waals surface area contributed by atoms with Crippen molar-refractivity contribution >= 4 is 17.7 Å². The fourth-order valence-electron chi connectivity index (χ4n) is 2.28. The molecule has 3 nitrogen and oxygen atoms in total. The van der Waals surface area contributed by atoms with Gasteiger partial charge in [-0.05, 0) is 44.1 Å². The van der Waals surface area contributed by atoms with Crippen LogP contribution >= 0.6 is 11.8 Å². The summed E-state index contributed by atoms with van der Waals surface area (Å²) < 4.78 is 0. The van der Waals surface area contributed by atoms with Crippen molar-refractivity contribution in [2.45, 2.75) is 51.1 Å². The summed E-state index contributed by atoms with van der Waals surface area (Å²) in [5, 5.41) is 3.06. The van der Waals surface area contributed by atoms with E-state index in [1.165, 1.54) is 25.7 Å². The summed E-state index contributed by atoms with van der Waals surface area (Å²) in [6.07, 6.45) is 7.92. The summed E-state index contributed by atoms with van der Waals surface area (Å²) in [4.78, 5) is 11.8. The zero-order valence-electron chi connectivity index (χ0n) is 10.4. The van der Waals surface area contributed by atoms with E-state index in [0.29, 0.717) is 5.92 Å². The van der Waals surface area contributed by atoms with Crippen molar-refractivity contribution < 1.29 is 4.79 Å². The molecule has 1 amide bonds. The van der Waals surface area contributed by atoms with Crippen molar-refractivity contribution in [3.8, 4) is 0 Å². The van der Waals surface area contributed by atoms with Crippen LogP contribution in [0.5, 0.6) is 0 Å². The van der Waals surface area contributed by atoms with E-state index in [1.807, 2.05) is 6.26 Å². The van der Waals surface area contributed by atoms with Crippen LogP contribution in [-0.2, 0) is 4.79 Å². The number of thioether (sulfide) groups is 1. The second-order valence-electron chi connectivity index (χ2n) is 4.73. The summed E-state index contributed by atoms with van der Waals surface area (Å²) in [6, 6.07) is -0.0494. The van der Waals surface area contributed by atoms with Gasteiger partial charge in [0.05, 0.1) is 6.04 Å². The van der Waals surface area contributed by atoms with E-state index >= 15 is 0 Å². The monoisotopic (exact) mass is 244 g/mol. The van der Waals surface area contributed by atoms with Crippen LogP contribution < -0.4 is 11.1 Å². The van der Waals surface area contributed by atoms with Crippen molar-refractivity contribution in [2.24, 2.45) is 11.7 Å².